The van der Waals surface area contributed by atoms with E-state index in [4.69, 9.17) is 0 Å². The molecule has 0 aromatic heterocycles. The second-order valence-electron chi connectivity index (χ2n) is 12.3. The van der Waals surface area contributed by atoms with Gasteiger partial charge in [0, 0.05) is 0 Å². The van der Waals surface area contributed by atoms with Gasteiger partial charge in [-0.1, -0.05) is 194 Å². The number of rotatable bonds is 7. The summed E-state index contributed by atoms with van der Waals surface area (Å²) in [5, 5.41) is 0. The van der Waals surface area contributed by atoms with Crippen LogP contribution in [0.15, 0.2) is 129 Å². The standard InChI is InChI=1S/3C12H16.C8H8/c1-9(2)11-5-7-12(8-6-11)10(3)4;1-9(2)11-6-5-7-12(8-11)10(3)4;1-9(2)11-7-5-6-8-12(11)10(3)4;1-2-8-6-4-3-5-7-8/h3*5-8,10H,1H2,2-4H3;2-7H,1H2. The number of hydrogen-bond acceptors (Lipinski definition) is 0. The highest BCUT2D eigenvalue weighted by molar-refractivity contribution is 5.65. The van der Waals surface area contributed by atoms with Crippen molar-refractivity contribution in [3.63, 3.8) is 0 Å². The Labute approximate surface area is 270 Å². The molecule has 0 aliphatic rings. The molecule has 4 rings (SSSR count). The van der Waals surface area contributed by atoms with Gasteiger partial charge < -0.3 is 0 Å². The predicted molar refractivity (Wildman–Crippen MR) is 202 cm³/mol. The second-order valence-corrected chi connectivity index (χ2v) is 12.3. The van der Waals surface area contributed by atoms with Gasteiger partial charge in [-0.2, -0.15) is 0 Å². The molecule has 0 spiro atoms. The third kappa shape index (κ3) is 13.9. The van der Waals surface area contributed by atoms with Crippen LogP contribution in [0.2, 0.25) is 0 Å². The Hall–Kier alpha value is -4.16. The number of hydrogen-bond donors (Lipinski definition) is 0. The maximum atomic E-state index is 3.97. The van der Waals surface area contributed by atoms with Gasteiger partial charge in [0.25, 0.3) is 0 Å². The minimum Gasteiger partial charge on any atom is -0.0985 e. The molecule has 232 valence electrons. The van der Waals surface area contributed by atoms with E-state index < -0.39 is 0 Å². The van der Waals surface area contributed by atoms with Crippen LogP contribution in [0, 0.1) is 0 Å². The lowest BCUT2D eigenvalue weighted by molar-refractivity contribution is 0.862. The van der Waals surface area contributed by atoms with E-state index in [9.17, 15) is 0 Å². The lowest BCUT2D eigenvalue weighted by Crippen LogP contribution is -1.92. The summed E-state index contributed by atoms with van der Waals surface area (Å²) in [6.45, 7) is 34.8. The SMILES string of the molecule is C=C(C)c1ccc(C(C)C)cc1.C=C(C)c1cccc(C(C)C)c1.C=C(C)c1ccccc1C(C)C.C=Cc1ccccc1. The molecule has 0 saturated carbocycles. The van der Waals surface area contributed by atoms with Gasteiger partial charge in [-0.3, -0.25) is 0 Å². The van der Waals surface area contributed by atoms with Crippen LogP contribution in [-0.2, 0) is 0 Å². The Morgan fingerprint density at radius 3 is 1.43 bits per heavy atom. The van der Waals surface area contributed by atoms with Crippen molar-refractivity contribution in [3.8, 4) is 0 Å². The van der Waals surface area contributed by atoms with E-state index in [0.29, 0.717) is 17.8 Å². The summed E-state index contributed by atoms with van der Waals surface area (Å²) in [5.41, 5.74) is 12.5. The zero-order valence-corrected chi connectivity index (χ0v) is 29.0. The summed E-state index contributed by atoms with van der Waals surface area (Å²) in [7, 11) is 0. The first kappa shape index (κ1) is 37.9. The maximum absolute atomic E-state index is 3.97. The van der Waals surface area contributed by atoms with E-state index in [2.05, 4.69) is 148 Å². The molecule has 0 fully saturated rings. The number of allylic oxidation sites excluding steroid dienone is 3. The average molecular weight is 585 g/mol. The van der Waals surface area contributed by atoms with Gasteiger partial charge >= 0.3 is 0 Å². The second kappa shape index (κ2) is 19.9. The molecule has 0 unspecified atom stereocenters. The molecule has 4 aromatic rings. The topological polar surface area (TPSA) is 0 Å². The quantitative estimate of drug-likeness (QED) is 0.203. The smallest absolute Gasteiger partial charge is 0.0199 e. The van der Waals surface area contributed by atoms with E-state index in [1.54, 1.807) is 0 Å². The molecule has 0 amide bonds. The van der Waals surface area contributed by atoms with E-state index in [-0.39, 0.29) is 0 Å². The molecule has 0 nitrogen and oxygen atoms in total. The molecule has 4 aromatic carbocycles. The first-order valence-electron chi connectivity index (χ1n) is 15.7. The van der Waals surface area contributed by atoms with Crippen molar-refractivity contribution in [1.29, 1.82) is 0 Å². The molecule has 0 saturated heterocycles. The zero-order chi connectivity index (χ0) is 33.2. The van der Waals surface area contributed by atoms with Crippen LogP contribution >= 0.6 is 0 Å². The largest absolute Gasteiger partial charge is 0.0985 e. The Bertz CT molecular complexity index is 1440. The van der Waals surface area contributed by atoms with Crippen molar-refractivity contribution in [2.75, 3.05) is 0 Å². The molecule has 0 bridgehead atoms. The molecular formula is C44H56. The minimum absolute atomic E-state index is 0.581. The lowest BCUT2D eigenvalue weighted by atomic mass is 9.94. The van der Waals surface area contributed by atoms with Crippen molar-refractivity contribution in [1.82, 2.24) is 0 Å². The molecule has 0 aliphatic heterocycles. The van der Waals surface area contributed by atoms with Crippen LogP contribution in [0.5, 0.6) is 0 Å². The van der Waals surface area contributed by atoms with Gasteiger partial charge in [0.1, 0.15) is 0 Å². The summed E-state index contributed by atoms with van der Waals surface area (Å²) < 4.78 is 0. The maximum Gasteiger partial charge on any atom is -0.0199 e. The van der Waals surface area contributed by atoms with Crippen molar-refractivity contribution in [2.45, 2.75) is 80.1 Å². The van der Waals surface area contributed by atoms with E-state index in [1.165, 1.54) is 38.9 Å². The van der Waals surface area contributed by atoms with Crippen molar-refractivity contribution in [3.05, 3.63) is 168 Å². The highest BCUT2D eigenvalue weighted by Gasteiger charge is 2.05. The van der Waals surface area contributed by atoms with Crippen molar-refractivity contribution < 1.29 is 0 Å². The van der Waals surface area contributed by atoms with E-state index in [1.807, 2.05) is 50.3 Å². The average Bonchev–Trinajstić information content (AvgIpc) is 3.02. The Morgan fingerprint density at radius 2 is 1.02 bits per heavy atom. The monoisotopic (exact) mass is 584 g/mol. The summed E-state index contributed by atoms with van der Waals surface area (Å²) in [4.78, 5) is 0. The molecule has 0 aliphatic carbocycles. The van der Waals surface area contributed by atoms with E-state index >= 15 is 0 Å². The van der Waals surface area contributed by atoms with Crippen LogP contribution in [0.25, 0.3) is 22.8 Å². The first-order chi connectivity index (χ1) is 20.8. The van der Waals surface area contributed by atoms with Gasteiger partial charge in [0.15, 0.2) is 0 Å². The molecule has 0 N–H and O–H groups in total. The van der Waals surface area contributed by atoms with Gasteiger partial charge in [-0.15, -0.1) is 0 Å². The van der Waals surface area contributed by atoms with Crippen LogP contribution in [0.3, 0.4) is 0 Å². The van der Waals surface area contributed by atoms with E-state index in [0.717, 1.165) is 16.7 Å². The molecule has 0 atom stereocenters. The number of benzene rings is 4. The molecule has 44 heavy (non-hydrogen) atoms. The van der Waals surface area contributed by atoms with Crippen LogP contribution < -0.4 is 0 Å². The normalized spacial score (nSPS) is 10.0. The fourth-order valence-corrected chi connectivity index (χ4v) is 4.29. The van der Waals surface area contributed by atoms with Crippen LogP contribution in [0.1, 0.15) is 119 Å². The molecule has 0 heterocycles. The Morgan fingerprint density at radius 1 is 0.500 bits per heavy atom. The van der Waals surface area contributed by atoms with Gasteiger partial charge in [-0.25, -0.2) is 0 Å². The van der Waals surface area contributed by atoms with Crippen molar-refractivity contribution in [2.24, 2.45) is 0 Å². The highest BCUT2D eigenvalue weighted by atomic mass is 14.1. The Balaban J connectivity index is 0.000000296. The summed E-state index contributed by atoms with van der Waals surface area (Å²) >= 11 is 0. The predicted octanol–water partition coefficient (Wildman–Crippen LogP) is 13.9. The molecular weight excluding hydrogens is 528 g/mol. The fraction of sp³-hybridized carbons (Fsp3) is 0.273. The highest BCUT2D eigenvalue weighted by Crippen LogP contribution is 2.24. The Kier molecular flexibility index (Phi) is 17.1. The van der Waals surface area contributed by atoms with Gasteiger partial charge in [0.2, 0.25) is 0 Å². The van der Waals surface area contributed by atoms with Crippen LogP contribution in [-0.4, -0.2) is 0 Å². The molecule has 0 heteroatoms. The fourth-order valence-electron chi connectivity index (χ4n) is 4.29. The summed E-state index contributed by atoms with van der Waals surface area (Å²) in [6, 6.07) is 35.7. The first-order valence-corrected chi connectivity index (χ1v) is 15.7. The minimum atomic E-state index is 0.581. The van der Waals surface area contributed by atoms with Gasteiger partial charge in [0.05, 0.1) is 0 Å². The molecule has 0 radical (unpaired) electrons. The van der Waals surface area contributed by atoms with Crippen molar-refractivity contribution >= 4 is 22.8 Å². The van der Waals surface area contributed by atoms with Crippen LogP contribution in [0.4, 0.5) is 0 Å². The lowest BCUT2D eigenvalue weighted by Gasteiger charge is -2.11. The van der Waals surface area contributed by atoms with Gasteiger partial charge in [-0.05, 0) is 77.5 Å². The summed E-state index contributed by atoms with van der Waals surface area (Å²) in [6.07, 6.45) is 1.83. The summed E-state index contributed by atoms with van der Waals surface area (Å²) in [5.74, 6) is 1.80. The third-order valence-corrected chi connectivity index (χ3v) is 7.19. The third-order valence-electron chi connectivity index (χ3n) is 7.19. The zero-order valence-electron chi connectivity index (χ0n) is 29.0.